The van der Waals surface area contributed by atoms with Crippen LogP contribution >= 0.6 is 11.6 Å². The van der Waals surface area contributed by atoms with Crippen molar-refractivity contribution in [2.24, 2.45) is 0 Å². The maximum absolute atomic E-state index is 13.8. The first-order valence-electron chi connectivity index (χ1n) is 8.15. The fourth-order valence-electron chi connectivity index (χ4n) is 2.40. The van der Waals surface area contributed by atoms with Crippen molar-refractivity contribution < 1.29 is 18.7 Å². The summed E-state index contributed by atoms with van der Waals surface area (Å²) in [5, 5.41) is 5.75. The number of amides is 1. The Balaban J connectivity index is 1.80. The second kappa shape index (κ2) is 8.49. The van der Waals surface area contributed by atoms with Gasteiger partial charge in [0.25, 0.3) is 5.91 Å². The monoisotopic (exact) mass is 399 g/mol. The summed E-state index contributed by atoms with van der Waals surface area (Å²) in [5.41, 5.74) is 1.32. The van der Waals surface area contributed by atoms with Gasteiger partial charge < -0.3 is 15.4 Å². The van der Waals surface area contributed by atoms with E-state index in [-0.39, 0.29) is 27.7 Å². The third-order valence-corrected chi connectivity index (χ3v) is 4.11. The molecule has 1 heterocycles. The number of nitrogens with zero attached hydrogens (tertiary/aromatic N) is 1. The lowest BCUT2D eigenvalue weighted by Gasteiger charge is -2.10. The summed E-state index contributed by atoms with van der Waals surface area (Å²) in [4.78, 5) is 28.2. The normalized spacial score (nSPS) is 10.2. The summed E-state index contributed by atoms with van der Waals surface area (Å²) < 4.78 is 18.4. The van der Waals surface area contributed by atoms with E-state index >= 15 is 0 Å². The molecule has 1 aromatic heterocycles. The number of para-hydroxylation sites is 1. The minimum Gasteiger partial charge on any atom is -0.465 e. The van der Waals surface area contributed by atoms with Crippen molar-refractivity contribution >= 4 is 40.5 Å². The highest BCUT2D eigenvalue weighted by Gasteiger charge is 2.14. The average Bonchev–Trinajstić information content (AvgIpc) is 2.71. The molecule has 0 atom stereocenters. The molecular formula is C20H15ClFN3O3. The molecule has 0 saturated heterocycles. The fraction of sp³-hybridized carbons (Fsp3) is 0.0500. The van der Waals surface area contributed by atoms with Crippen LogP contribution in [0.5, 0.6) is 0 Å². The number of esters is 1. The number of hydrogen-bond acceptors (Lipinski definition) is 5. The van der Waals surface area contributed by atoms with E-state index in [1.807, 2.05) is 0 Å². The Bertz CT molecular complexity index is 1040. The number of carbonyl (C=O) groups is 2. The van der Waals surface area contributed by atoms with E-state index < -0.39 is 17.7 Å². The van der Waals surface area contributed by atoms with Gasteiger partial charge in [-0.2, -0.15) is 0 Å². The molecule has 2 aromatic carbocycles. The van der Waals surface area contributed by atoms with Gasteiger partial charge in [0.05, 0.1) is 29.1 Å². The van der Waals surface area contributed by atoms with Gasteiger partial charge in [0.1, 0.15) is 11.5 Å². The highest BCUT2D eigenvalue weighted by molar-refractivity contribution is 6.34. The van der Waals surface area contributed by atoms with Gasteiger partial charge in [-0.15, -0.1) is 0 Å². The van der Waals surface area contributed by atoms with Crippen LogP contribution in [0.25, 0.3) is 0 Å². The number of ether oxygens (including phenoxy) is 1. The fourth-order valence-corrected chi connectivity index (χ4v) is 2.57. The van der Waals surface area contributed by atoms with E-state index in [4.69, 9.17) is 11.6 Å². The highest BCUT2D eigenvalue weighted by atomic mass is 35.5. The predicted molar refractivity (Wildman–Crippen MR) is 105 cm³/mol. The summed E-state index contributed by atoms with van der Waals surface area (Å²) >= 11 is 6.09. The van der Waals surface area contributed by atoms with Crippen molar-refractivity contribution in [1.82, 2.24) is 4.98 Å². The van der Waals surface area contributed by atoms with Crippen LogP contribution in [0.1, 0.15) is 20.8 Å². The van der Waals surface area contributed by atoms with Crippen molar-refractivity contribution in [2.45, 2.75) is 0 Å². The molecule has 1 amide bonds. The number of nitrogens with one attached hydrogen (secondary N) is 2. The molecule has 28 heavy (non-hydrogen) atoms. The Morgan fingerprint density at radius 2 is 1.86 bits per heavy atom. The number of methoxy groups -OCH3 is 1. The number of aromatic nitrogens is 1. The summed E-state index contributed by atoms with van der Waals surface area (Å²) in [5.74, 6) is -1.51. The molecule has 0 saturated carbocycles. The number of carbonyl (C=O) groups excluding carboxylic acids is 2. The molecular weight excluding hydrogens is 385 g/mol. The maximum atomic E-state index is 13.8. The van der Waals surface area contributed by atoms with E-state index in [2.05, 4.69) is 20.4 Å². The van der Waals surface area contributed by atoms with Gasteiger partial charge >= 0.3 is 5.97 Å². The maximum Gasteiger partial charge on any atom is 0.337 e. The van der Waals surface area contributed by atoms with E-state index in [0.717, 1.165) is 0 Å². The van der Waals surface area contributed by atoms with Crippen molar-refractivity contribution in [1.29, 1.82) is 0 Å². The van der Waals surface area contributed by atoms with E-state index in [1.54, 1.807) is 24.3 Å². The van der Waals surface area contributed by atoms with Crippen molar-refractivity contribution in [3.05, 3.63) is 82.9 Å². The van der Waals surface area contributed by atoms with Crippen molar-refractivity contribution in [2.75, 3.05) is 17.7 Å². The van der Waals surface area contributed by atoms with Crippen LogP contribution in [0.4, 0.5) is 21.5 Å². The van der Waals surface area contributed by atoms with Crippen LogP contribution in [0.2, 0.25) is 5.02 Å². The van der Waals surface area contributed by atoms with Crippen LogP contribution in [0.3, 0.4) is 0 Å². The third-order valence-electron chi connectivity index (χ3n) is 3.78. The first kappa shape index (κ1) is 19.3. The first-order valence-corrected chi connectivity index (χ1v) is 8.52. The van der Waals surface area contributed by atoms with Gasteiger partial charge in [-0.1, -0.05) is 23.7 Å². The predicted octanol–water partition coefficient (Wildman–Crippen LogP) is 4.66. The molecule has 6 nitrogen and oxygen atoms in total. The first-order chi connectivity index (χ1) is 13.5. The summed E-state index contributed by atoms with van der Waals surface area (Å²) in [7, 11) is 1.26. The number of anilines is 3. The van der Waals surface area contributed by atoms with Gasteiger partial charge in [0, 0.05) is 11.9 Å². The topological polar surface area (TPSA) is 80.3 Å². The van der Waals surface area contributed by atoms with Crippen molar-refractivity contribution in [3.63, 3.8) is 0 Å². The zero-order valence-corrected chi connectivity index (χ0v) is 15.5. The largest absolute Gasteiger partial charge is 0.465 e. The van der Waals surface area contributed by atoms with E-state index in [1.165, 1.54) is 43.6 Å². The molecule has 142 valence electrons. The molecule has 8 heteroatoms. The zero-order chi connectivity index (χ0) is 20.1. The molecule has 3 aromatic rings. The Hall–Kier alpha value is -3.45. The standard InChI is InChI=1S/C20H15ClFN3O3/c1-28-20(27)12-6-7-14(21)17(10-12)25-19(26)18-11-13(8-9-23-18)24-16-5-3-2-4-15(16)22/h2-11H,1H3,(H,23,24)(H,25,26). The van der Waals surface area contributed by atoms with Crippen LogP contribution < -0.4 is 10.6 Å². The van der Waals surface area contributed by atoms with Gasteiger partial charge in [0.15, 0.2) is 0 Å². The molecule has 2 N–H and O–H groups in total. The van der Waals surface area contributed by atoms with Gasteiger partial charge in [-0.25, -0.2) is 9.18 Å². The molecule has 0 spiro atoms. The number of hydrogen-bond donors (Lipinski definition) is 2. The average molecular weight is 400 g/mol. The SMILES string of the molecule is COC(=O)c1ccc(Cl)c(NC(=O)c2cc(Nc3ccccc3F)ccn2)c1. The lowest BCUT2D eigenvalue weighted by molar-refractivity contribution is 0.0600. The Morgan fingerprint density at radius 3 is 2.61 bits per heavy atom. The molecule has 0 aliphatic carbocycles. The van der Waals surface area contributed by atoms with Gasteiger partial charge in [0.2, 0.25) is 0 Å². The van der Waals surface area contributed by atoms with E-state index in [0.29, 0.717) is 5.69 Å². The summed E-state index contributed by atoms with van der Waals surface area (Å²) in [6, 6.07) is 13.6. The van der Waals surface area contributed by atoms with Crippen LogP contribution in [-0.2, 0) is 4.74 Å². The molecule has 0 unspecified atom stereocenters. The number of halogens is 2. The Morgan fingerprint density at radius 1 is 1.07 bits per heavy atom. The number of pyridine rings is 1. The summed E-state index contributed by atoms with van der Waals surface area (Å²) in [6.07, 6.45) is 1.42. The molecule has 0 fully saturated rings. The number of rotatable bonds is 5. The summed E-state index contributed by atoms with van der Waals surface area (Å²) in [6.45, 7) is 0. The quantitative estimate of drug-likeness (QED) is 0.610. The second-order valence-electron chi connectivity index (χ2n) is 5.67. The molecule has 3 rings (SSSR count). The molecule has 0 bridgehead atoms. The van der Waals surface area contributed by atoms with E-state index in [9.17, 15) is 14.0 Å². The smallest absolute Gasteiger partial charge is 0.337 e. The third kappa shape index (κ3) is 4.44. The Labute approximate surface area is 165 Å². The van der Waals surface area contributed by atoms with Crippen LogP contribution in [0, 0.1) is 5.82 Å². The second-order valence-corrected chi connectivity index (χ2v) is 6.08. The highest BCUT2D eigenvalue weighted by Crippen LogP contribution is 2.25. The zero-order valence-electron chi connectivity index (χ0n) is 14.7. The molecule has 0 radical (unpaired) electrons. The lowest BCUT2D eigenvalue weighted by Crippen LogP contribution is -2.15. The lowest BCUT2D eigenvalue weighted by atomic mass is 10.2. The minimum absolute atomic E-state index is 0.0841. The van der Waals surface area contributed by atoms with Gasteiger partial charge in [-0.3, -0.25) is 9.78 Å². The molecule has 0 aliphatic rings. The van der Waals surface area contributed by atoms with Crippen LogP contribution in [0.15, 0.2) is 60.8 Å². The van der Waals surface area contributed by atoms with Crippen LogP contribution in [-0.4, -0.2) is 24.0 Å². The van der Waals surface area contributed by atoms with Gasteiger partial charge in [-0.05, 0) is 42.5 Å². The Kier molecular flexibility index (Phi) is 5.86. The number of benzene rings is 2. The van der Waals surface area contributed by atoms with Crippen molar-refractivity contribution in [3.8, 4) is 0 Å². The minimum atomic E-state index is -0.554. The molecule has 0 aliphatic heterocycles.